The molecule has 0 spiro atoms. The van der Waals surface area contributed by atoms with Crippen molar-refractivity contribution in [3.8, 4) is 0 Å². The zero-order chi connectivity index (χ0) is 13.6. The third-order valence-corrected chi connectivity index (χ3v) is 2.52. The molecule has 0 fully saturated rings. The van der Waals surface area contributed by atoms with Gasteiger partial charge in [-0.05, 0) is 25.3 Å². The summed E-state index contributed by atoms with van der Waals surface area (Å²) in [6.07, 6.45) is -1.98. The number of halogens is 3. The number of nitrogens with zero attached hydrogens (tertiary/aromatic N) is 2. The first-order valence-corrected chi connectivity index (χ1v) is 5.68. The van der Waals surface area contributed by atoms with Gasteiger partial charge in [-0.3, -0.25) is 4.68 Å². The van der Waals surface area contributed by atoms with E-state index in [0.717, 1.165) is 5.69 Å². The Bertz CT molecular complexity index is 352. The monoisotopic (exact) mass is 266 g/mol. The molecule has 1 heterocycles. The number of aliphatic hydroxyl groups is 1. The van der Waals surface area contributed by atoms with E-state index in [9.17, 15) is 18.3 Å². The fourth-order valence-electron chi connectivity index (χ4n) is 1.51. The lowest BCUT2D eigenvalue weighted by Gasteiger charge is -2.12. The number of alkyl halides is 3. The van der Waals surface area contributed by atoms with E-state index in [4.69, 9.17) is 0 Å². The third-order valence-electron chi connectivity index (χ3n) is 2.52. The summed E-state index contributed by atoms with van der Waals surface area (Å²) in [4.78, 5) is 0. The molecule has 4 nitrogen and oxygen atoms in total. The Morgan fingerprint density at radius 2 is 2.17 bits per heavy atom. The van der Waals surface area contributed by atoms with Crippen LogP contribution in [0.4, 0.5) is 13.2 Å². The van der Waals surface area contributed by atoms with Crippen molar-refractivity contribution >= 4 is 0 Å². The molecule has 1 rings (SSSR count). The average molecular weight is 266 g/mol. The van der Waals surface area contributed by atoms with E-state index < -0.39 is 18.9 Å². The number of ether oxygens (including phenoxy) is 1. The molecule has 1 aromatic rings. The van der Waals surface area contributed by atoms with Crippen molar-refractivity contribution in [1.29, 1.82) is 0 Å². The molecule has 1 N–H and O–H groups in total. The zero-order valence-corrected chi connectivity index (χ0v) is 10.2. The predicted octanol–water partition coefficient (Wildman–Crippen LogP) is 1.68. The van der Waals surface area contributed by atoms with Crippen LogP contribution >= 0.6 is 0 Å². The quantitative estimate of drug-likeness (QED) is 0.764. The van der Waals surface area contributed by atoms with Crippen LogP contribution in [0.3, 0.4) is 0 Å². The van der Waals surface area contributed by atoms with Gasteiger partial charge in [0.05, 0.1) is 6.10 Å². The standard InChI is InChI=1S/C11H17F3N2O2/c1-16-9(4-6-15-16)2-3-10(17)5-7-18-8-11(12,13)14/h4,6,10,17H,2-3,5,7-8H2,1H3. The van der Waals surface area contributed by atoms with Crippen molar-refractivity contribution in [2.45, 2.75) is 31.5 Å². The van der Waals surface area contributed by atoms with Gasteiger partial charge < -0.3 is 9.84 Å². The van der Waals surface area contributed by atoms with Crippen molar-refractivity contribution < 1.29 is 23.0 Å². The summed E-state index contributed by atoms with van der Waals surface area (Å²) in [5.74, 6) is 0. The Morgan fingerprint density at radius 3 is 2.72 bits per heavy atom. The largest absolute Gasteiger partial charge is 0.411 e. The highest BCUT2D eigenvalue weighted by atomic mass is 19.4. The number of aliphatic hydroxyl groups excluding tert-OH is 1. The van der Waals surface area contributed by atoms with Crippen LogP contribution in [-0.2, 0) is 18.2 Å². The number of hydrogen-bond acceptors (Lipinski definition) is 3. The van der Waals surface area contributed by atoms with Gasteiger partial charge in [-0.1, -0.05) is 0 Å². The lowest BCUT2D eigenvalue weighted by atomic mass is 10.1. The van der Waals surface area contributed by atoms with Gasteiger partial charge in [0.15, 0.2) is 0 Å². The summed E-state index contributed by atoms with van der Waals surface area (Å²) >= 11 is 0. The van der Waals surface area contributed by atoms with Gasteiger partial charge in [0.2, 0.25) is 0 Å². The second kappa shape index (κ2) is 6.75. The van der Waals surface area contributed by atoms with Crippen LogP contribution in [0.5, 0.6) is 0 Å². The van der Waals surface area contributed by atoms with Crippen LogP contribution in [0.15, 0.2) is 12.3 Å². The van der Waals surface area contributed by atoms with Gasteiger partial charge >= 0.3 is 6.18 Å². The number of hydrogen-bond donors (Lipinski definition) is 1. The summed E-state index contributed by atoms with van der Waals surface area (Å²) < 4.78 is 41.4. The van der Waals surface area contributed by atoms with Gasteiger partial charge in [0.25, 0.3) is 0 Å². The molecule has 0 aromatic carbocycles. The minimum Gasteiger partial charge on any atom is -0.393 e. The number of rotatable bonds is 7. The van der Waals surface area contributed by atoms with Gasteiger partial charge in [0.1, 0.15) is 6.61 Å². The Balaban J connectivity index is 2.11. The van der Waals surface area contributed by atoms with Crippen LogP contribution in [0.1, 0.15) is 18.5 Å². The second-order valence-corrected chi connectivity index (χ2v) is 4.10. The first-order chi connectivity index (χ1) is 8.38. The molecular formula is C11H17F3N2O2. The van der Waals surface area contributed by atoms with Crippen LogP contribution in [-0.4, -0.2) is 40.4 Å². The van der Waals surface area contributed by atoms with Gasteiger partial charge in [-0.2, -0.15) is 18.3 Å². The molecule has 7 heteroatoms. The van der Waals surface area contributed by atoms with E-state index in [0.29, 0.717) is 12.8 Å². The molecule has 0 amide bonds. The first-order valence-electron chi connectivity index (χ1n) is 5.68. The summed E-state index contributed by atoms with van der Waals surface area (Å²) in [7, 11) is 1.80. The minimum atomic E-state index is -4.31. The highest BCUT2D eigenvalue weighted by Gasteiger charge is 2.27. The van der Waals surface area contributed by atoms with Crippen LogP contribution in [0.25, 0.3) is 0 Å². The predicted molar refractivity (Wildman–Crippen MR) is 59.0 cm³/mol. The number of aromatic nitrogens is 2. The highest BCUT2D eigenvalue weighted by molar-refractivity contribution is 4.99. The Morgan fingerprint density at radius 1 is 1.44 bits per heavy atom. The molecule has 0 aliphatic rings. The smallest absolute Gasteiger partial charge is 0.393 e. The van der Waals surface area contributed by atoms with Crippen molar-refractivity contribution in [3.63, 3.8) is 0 Å². The molecule has 1 atom stereocenters. The molecule has 1 unspecified atom stereocenters. The molecule has 1 aromatic heterocycles. The summed E-state index contributed by atoms with van der Waals surface area (Å²) in [5.41, 5.74) is 0.977. The molecule has 0 aliphatic heterocycles. The molecule has 0 saturated heterocycles. The highest BCUT2D eigenvalue weighted by Crippen LogP contribution is 2.15. The molecule has 0 radical (unpaired) electrons. The Labute approximate surface area is 103 Å². The van der Waals surface area contributed by atoms with Crippen molar-refractivity contribution in [2.24, 2.45) is 7.05 Å². The van der Waals surface area contributed by atoms with E-state index in [1.165, 1.54) is 0 Å². The third kappa shape index (κ3) is 6.02. The zero-order valence-electron chi connectivity index (χ0n) is 10.2. The molecule has 104 valence electrons. The first kappa shape index (κ1) is 15.0. The van der Waals surface area contributed by atoms with Crippen LogP contribution < -0.4 is 0 Å². The molecule has 0 aliphatic carbocycles. The minimum absolute atomic E-state index is 0.0912. The number of aryl methyl sites for hydroxylation is 2. The molecular weight excluding hydrogens is 249 g/mol. The van der Waals surface area contributed by atoms with E-state index >= 15 is 0 Å². The van der Waals surface area contributed by atoms with Crippen molar-refractivity contribution in [2.75, 3.05) is 13.2 Å². The van der Waals surface area contributed by atoms with Crippen molar-refractivity contribution in [3.05, 3.63) is 18.0 Å². The van der Waals surface area contributed by atoms with E-state index in [1.54, 1.807) is 17.9 Å². The van der Waals surface area contributed by atoms with E-state index in [2.05, 4.69) is 9.84 Å². The maximum Gasteiger partial charge on any atom is 0.411 e. The molecule has 0 bridgehead atoms. The lowest BCUT2D eigenvalue weighted by molar-refractivity contribution is -0.175. The summed E-state index contributed by atoms with van der Waals surface area (Å²) in [6, 6.07) is 1.84. The van der Waals surface area contributed by atoms with Crippen LogP contribution in [0, 0.1) is 0 Å². The maximum atomic E-state index is 11.8. The topological polar surface area (TPSA) is 47.3 Å². The van der Waals surface area contributed by atoms with Gasteiger partial charge in [-0.15, -0.1) is 0 Å². The van der Waals surface area contributed by atoms with Gasteiger partial charge in [-0.25, -0.2) is 0 Å². The summed E-state index contributed by atoms with van der Waals surface area (Å²) in [6.45, 7) is -1.35. The Kier molecular flexibility index (Phi) is 5.61. The van der Waals surface area contributed by atoms with E-state index in [-0.39, 0.29) is 13.0 Å². The van der Waals surface area contributed by atoms with Crippen molar-refractivity contribution in [1.82, 2.24) is 9.78 Å². The van der Waals surface area contributed by atoms with Crippen LogP contribution in [0.2, 0.25) is 0 Å². The average Bonchev–Trinajstić information content (AvgIpc) is 2.66. The summed E-state index contributed by atoms with van der Waals surface area (Å²) in [5, 5.41) is 13.6. The van der Waals surface area contributed by atoms with E-state index in [1.807, 2.05) is 6.07 Å². The SMILES string of the molecule is Cn1nccc1CCC(O)CCOCC(F)(F)F. The Hall–Kier alpha value is -1.08. The van der Waals surface area contributed by atoms with Gasteiger partial charge in [0, 0.05) is 25.5 Å². The fraction of sp³-hybridized carbons (Fsp3) is 0.727. The molecule has 18 heavy (non-hydrogen) atoms. The lowest BCUT2D eigenvalue weighted by Crippen LogP contribution is -2.19. The second-order valence-electron chi connectivity index (χ2n) is 4.10. The normalized spacial score (nSPS) is 13.8. The fourth-order valence-corrected chi connectivity index (χ4v) is 1.51. The maximum absolute atomic E-state index is 11.8. The molecule has 0 saturated carbocycles.